The van der Waals surface area contributed by atoms with E-state index >= 15 is 0 Å². The highest BCUT2D eigenvalue weighted by Gasteiger charge is 2.44. The van der Waals surface area contributed by atoms with Gasteiger partial charge in [0.1, 0.15) is 23.0 Å². The van der Waals surface area contributed by atoms with Crippen molar-refractivity contribution in [2.24, 2.45) is 0 Å². The summed E-state index contributed by atoms with van der Waals surface area (Å²) in [5.74, 6) is 3.54. The molecule has 3 nitrogen and oxygen atoms in total. The summed E-state index contributed by atoms with van der Waals surface area (Å²) in [6.07, 6.45) is 0. The summed E-state index contributed by atoms with van der Waals surface area (Å²) >= 11 is 0. The molecule has 9 aromatic rings. The van der Waals surface area contributed by atoms with Gasteiger partial charge in [0.2, 0.25) is 0 Å². The van der Waals surface area contributed by atoms with Crippen LogP contribution in [0.5, 0.6) is 23.0 Å². The highest BCUT2D eigenvalue weighted by molar-refractivity contribution is 6.98. The largest absolute Gasteiger partial charge is 0.458 e. The highest BCUT2D eigenvalue weighted by atomic mass is 16.5. The number of benzene rings is 9. The van der Waals surface area contributed by atoms with Gasteiger partial charge in [-0.15, -0.1) is 0 Å². The lowest BCUT2D eigenvalue weighted by Gasteiger charge is -2.35. The SMILES string of the molecule is CC1(C)c2cc3c(cc2-c2cc4ccc(N(c5ccccc5)c5ccccc5)cc4cc21)Oc1cccc2c1B3c1cc3ccccc3c(-c3ccccc3)c1O2. The van der Waals surface area contributed by atoms with E-state index in [2.05, 4.69) is 195 Å². The summed E-state index contributed by atoms with van der Waals surface area (Å²) in [4.78, 5) is 2.34. The van der Waals surface area contributed by atoms with Gasteiger partial charge in [-0.3, -0.25) is 0 Å². The highest BCUT2D eigenvalue weighted by Crippen LogP contribution is 2.52. The Hall–Kier alpha value is -7.04. The molecule has 2 aliphatic heterocycles. The first-order valence-electron chi connectivity index (χ1n) is 19.8. The minimum absolute atomic E-state index is 0.0517. The molecule has 1 aliphatic carbocycles. The van der Waals surface area contributed by atoms with Crippen molar-refractivity contribution in [1.29, 1.82) is 0 Å². The van der Waals surface area contributed by atoms with Crippen LogP contribution in [0.3, 0.4) is 0 Å². The zero-order chi connectivity index (χ0) is 37.8. The van der Waals surface area contributed by atoms with Crippen LogP contribution in [0.1, 0.15) is 25.0 Å². The fourth-order valence-corrected chi connectivity index (χ4v) is 9.82. The number of rotatable bonds is 4. The van der Waals surface area contributed by atoms with Gasteiger partial charge in [-0.2, -0.15) is 0 Å². The third-order valence-electron chi connectivity index (χ3n) is 12.5. The van der Waals surface area contributed by atoms with Crippen LogP contribution in [0, 0.1) is 0 Å². The second-order valence-electron chi connectivity index (χ2n) is 16.1. The van der Waals surface area contributed by atoms with E-state index in [0.717, 1.165) is 56.6 Å². The van der Waals surface area contributed by atoms with Crippen molar-refractivity contribution < 1.29 is 9.47 Å². The standard InChI is InChI=1S/C53H36BNO2/c1-53(2)43-29-36-27-39(55(37-18-8-4-9-19-37)38-20-10-5-11-21-38)26-25-34(36)28-41(43)42-31-49-45(32-44(42)53)54-46-30-35-17-12-13-22-40(35)50(33-15-6-3-7-16-33)52(46)57-48-24-14-23-47(56-49)51(48)54/h3-32H,1-2H3. The number of hydrogen-bond acceptors (Lipinski definition) is 3. The number of anilines is 3. The van der Waals surface area contributed by atoms with Gasteiger partial charge in [-0.05, 0) is 127 Å². The molecule has 9 aromatic carbocycles. The summed E-state index contributed by atoms with van der Waals surface area (Å²) in [5, 5.41) is 4.83. The minimum Gasteiger partial charge on any atom is -0.458 e. The maximum atomic E-state index is 6.96. The van der Waals surface area contributed by atoms with Gasteiger partial charge in [0.15, 0.2) is 0 Å². The molecule has 0 aromatic heterocycles. The fourth-order valence-electron chi connectivity index (χ4n) is 9.82. The Morgan fingerprint density at radius 2 is 1.11 bits per heavy atom. The molecule has 0 atom stereocenters. The molecule has 12 rings (SSSR count). The topological polar surface area (TPSA) is 21.7 Å². The molecule has 0 N–H and O–H groups in total. The Morgan fingerprint density at radius 1 is 0.456 bits per heavy atom. The number of ether oxygens (including phenoxy) is 2. The van der Waals surface area contributed by atoms with E-state index in [1.165, 1.54) is 54.7 Å². The predicted molar refractivity (Wildman–Crippen MR) is 237 cm³/mol. The van der Waals surface area contributed by atoms with Crippen molar-refractivity contribution in [2.45, 2.75) is 19.3 Å². The summed E-state index contributed by atoms with van der Waals surface area (Å²) < 4.78 is 13.8. The number of fused-ring (bicyclic) bond motifs is 9. The first-order valence-corrected chi connectivity index (χ1v) is 19.8. The summed E-state index contributed by atoms with van der Waals surface area (Å²) in [6.45, 7) is 4.70. The fraction of sp³-hybridized carbons (Fsp3) is 0.0566. The van der Waals surface area contributed by atoms with E-state index in [9.17, 15) is 0 Å². The molecule has 4 heteroatoms. The van der Waals surface area contributed by atoms with Gasteiger partial charge < -0.3 is 14.4 Å². The van der Waals surface area contributed by atoms with Crippen molar-refractivity contribution >= 4 is 61.7 Å². The predicted octanol–water partition coefficient (Wildman–Crippen LogP) is 12.2. The van der Waals surface area contributed by atoms with Gasteiger partial charge in [0.25, 0.3) is 6.71 Å². The molecule has 0 unspecified atom stereocenters. The molecule has 2 heterocycles. The van der Waals surface area contributed by atoms with E-state index < -0.39 is 0 Å². The van der Waals surface area contributed by atoms with E-state index in [4.69, 9.17) is 9.47 Å². The summed E-state index contributed by atoms with van der Waals surface area (Å²) in [5.41, 5.74) is 14.0. The maximum Gasteiger partial charge on any atom is 0.260 e. The molecule has 0 amide bonds. The van der Waals surface area contributed by atoms with Gasteiger partial charge in [-0.25, -0.2) is 0 Å². The number of hydrogen-bond donors (Lipinski definition) is 0. The quantitative estimate of drug-likeness (QED) is 0.168. The monoisotopic (exact) mass is 729 g/mol. The van der Waals surface area contributed by atoms with E-state index in [1.54, 1.807) is 0 Å². The second-order valence-corrected chi connectivity index (χ2v) is 16.1. The molecular weight excluding hydrogens is 693 g/mol. The minimum atomic E-state index is -0.241. The van der Waals surface area contributed by atoms with Crippen LogP contribution in [0.2, 0.25) is 0 Å². The second kappa shape index (κ2) is 12.0. The molecule has 3 aliphatic rings. The van der Waals surface area contributed by atoms with Crippen LogP contribution in [0.15, 0.2) is 182 Å². The lowest BCUT2D eigenvalue weighted by molar-refractivity contribution is 0.465. The normalized spacial score (nSPS) is 13.8. The van der Waals surface area contributed by atoms with Crippen molar-refractivity contribution in [1.82, 2.24) is 0 Å². The number of para-hydroxylation sites is 2. The Morgan fingerprint density at radius 3 is 1.86 bits per heavy atom. The first kappa shape index (κ1) is 32.2. The molecule has 0 spiro atoms. The first-order chi connectivity index (χ1) is 28.0. The van der Waals surface area contributed by atoms with Crippen LogP contribution in [0.25, 0.3) is 43.8 Å². The van der Waals surface area contributed by atoms with Crippen molar-refractivity contribution in [3.63, 3.8) is 0 Å². The molecule has 0 radical (unpaired) electrons. The van der Waals surface area contributed by atoms with Crippen LogP contribution < -0.4 is 30.8 Å². The molecule has 0 fully saturated rings. The Balaban J connectivity index is 1.03. The average Bonchev–Trinajstić information content (AvgIpc) is 3.46. The Kier molecular flexibility index (Phi) is 6.77. The molecule has 0 bridgehead atoms. The van der Waals surface area contributed by atoms with Crippen molar-refractivity contribution in [2.75, 3.05) is 4.90 Å². The lowest BCUT2D eigenvalue weighted by atomic mass is 9.34. The number of nitrogens with zero attached hydrogens (tertiary/aromatic N) is 1. The molecule has 0 saturated carbocycles. The Labute approximate surface area is 332 Å². The molecule has 0 saturated heterocycles. The van der Waals surface area contributed by atoms with Crippen LogP contribution in [0.4, 0.5) is 17.1 Å². The summed E-state index contributed by atoms with van der Waals surface area (Å²) in [6, 6.07) is 65.6. The van der Waals surface area contributed by atoms with Crippen LogP contribution in [-0.4, -0.2) is 6.71 Å². The maximum absolute atomic E-state index is 6.96. The van der Waals surface area contributed by atoms with E-state index in [1.807, 2.05) is 6.07 Å². The third-order valence-corrected chi connectivity index (χ3v) is 12.5. The van der Waals surface area contributed by atoms with Gasteiger partial charge >= 0.3 is 0 Å². The third kappa shape index (κ3) is 4.74. The zero-order valence-corrected chi connectivity index (χ0v) is 31.7. The smallest absolute Gasteiger partial charge is 0.260 e. The van der Waals surface area contributed by atoms with Gasteiger partial charge in [0, 0.05) is 33.5 Å². The van der Waals surface area contributed by atoms with Gasteiger partial charge in [0.05, 0.1) is 0 Å². The Bertz CT molecular complexity index is 3060. The van der Waals surface area contributed by atoms with E-state index in [0.29, 0.717) is 0 Å². The van der Waals surface area contributed by atoms with E-state index in [-0.39, 0.29) is 12.1 Å². The molecule has 57 heavy (non-hydrogen) atoms. The lowest BCUT2D eigenvalue weighted by Crippen LogP contribution is -2.57. The molecular formula is C53H36BNO2. The molecule has 268 valence electrons. The summed E-state index contributed by atoms with van der Waals surface area (Å²) in [7, 11) is 0. The van der Waals surface area contributed by atoms with Crippen LogP contribution in [-0.2, 0) is 5.41 Å². The van der Waals surface area contributed by atoms with Crippen LogP contribution >= 0.6 is 0 Å². The average molecular weight is 730 g/mol. The van der Waals surface area contributed by atoms with Crippen molar-refractivity contribution in [3.05, 3.63) is 193 Å². The van der Waals surface area contributed by atoms with Crippen molar-refractivity contribution in [3.8, 4) is 45.3 Å². The zero-order valence-electron chi connectivity index (χ0n) is 31.7. The van der Waals surface area contributed by atoms with Gasteiger partial charge in [-0.1, -0.05) is 129 Å².